The first-order valence-corrected chi connectivity index (χ1v) is 11.3. The lowest BCUT2D eigenvalue weighted by atomic mass is 9.70. The van der Waals surface area contributed by atoms with Gasteiger partial charge in [-0.25, -0.2) is 0 Å². The fourth-order valence-corrected chi connectivity index (χ4v) is 5.46. The Morgan fingerprint density at radius 1 is 1.21 bits per heavy atom. The van der Waals surface area contributed by atoms with Gasteiger partial charge in [-0.15, -0.1) is 0 Å². The summed E-state index contributed by atoms with van der Waals surface area (Å²) >= 11 is 0. The topological polar surface area (TPSA) is 111 Å². The molecular weight excluding hydrogens is 451 g/mol. The van der Waals surface area contributed by atoms with Gasteiger partial charge in [0.25, 0.3) is 0 Å². The van der Waals surface area contributed by atoms with Crippen LogP contribution in [-0.2, 0) is 20.6 Å². The van der Waals surface area contributed by atoms with Crippen LogP contribution in [0.5, 0.6) is 0 Å². The minimum absolute atomic E-state index is 0.0159. The van der Waals surface area contributed by atoms with Crippen LogP contribution < -0.4 is 10.6 Å². The molecule has 2 N–H and O–H groups in total. The number of carbonyl (C=O) groups excluding carboxylic acids is 3. The van der Waals surface area contributed by atoms with Crippen LogP contribution in [-0.4, -0.2) is 66.8 Å². The smallest absolute Gasteiger partial charge is 0.371 e. The SMILES string of the molecule is N#Cc1ccc(N2CCC3(CC2)CN(C(=O)CN2CCCC2=O)CC3C(N)=O)cc1C(F)(F)F. The highest BCUT2D eigenvalue weighted by atomic mass is 19.4. The molecule has 34 heavy (non-hydrogen) atoms. The molecule has 1 atom stereocenters. The number of halogens is 3. The molecule has 0 saturated carbocycles. The van der Waals surface area contributed by atoms with E-state index in [1.54, 1.807) is 15.9 Å². The Morgan fingerprint density at radius 2 is 1.91 bits per heavy atom. The van der Waals surface area contributed by atoms with Crippen LogP contribution in [0.4, 0.5) is 18.9 Å². The molecular formula is C23H26F3N5O3. The van der Waals surface area contributed by atoms with Gasteiger partial charge in [-0.3, -0.25) is 14.4 Å². The van der Waals surface area contributed by atoms with Crippen LogP contribution in [0.2, 0.25) is 0 Å². The number of piperidine rings is 1. The minimum Gasteiger partial charge on any atom is -0.371 e. The largest absolute Gasteiger partial charge is 0.417 e. The average Bonchev–Trinajstić information content (AvgIpc) is 3.37. The molecule has 0 aliphatic carbocycles. The van der Waals surface area contributed by atoms with Crippen LogP contribution in [0.3, 0.4) is 0 Å². The third kappa shape index (κ3) is 4.41. The Morgan fingerprint density at radius 3 is 2.47 bits per heavy atom. The van der Waals surface area contributed by atoms with Crippen LogP contribution in [0.1, 0.15) is 36.8 Å². The van der Waals surface area contributed by atoms with Crippen LogP contribution in [0.15, 0.2) is 18.2 Å². The van der Waals surface area contributed by atoms with Crippen LogP contribution in [0.25, 0.3) is 0 Å². The van der Waals surface area contributed by atoms with Gasteiger partial charge in [0.1, 0.15) is 0 Å². The first-order chi connectivity index (χ1) is 16.0. The van der Waals surface area contributed by atoms with Crippen molar-refractivity contribution in [2.24, 2.45) is 17.1 Å². The lowest BCUT2D eigenvalue weighted by Crippen LogP contribution is -2.47. The molecule has 3 fully saturated rings. The second-order valence-corrected chi connectivity index (χ2v) is 9.34. The fourth-order valence-electron chi connectivity index (χ4n) is 5.46. The molecule has 0 aromatic heterocycles. The van der Waals surface area contributed by atoms with Gasteiger partial charge in [0.15, 0.2) is 0 Å². The number of rotatable bonds is 4. The molecule has 1 aromatic carbocycles. The van der Waals surface area contributed by atoms with Crippen molar-refractivity contribution in [3.8, 4) is 6.07 Å². The molecule has 1 unspecified atom stereocenters. The van der Waals surface area contributed by atoms with E-state index < -0.39 is 34.5 Å². The minimum atomic E-state index is -4.64. The van der Waals surface area contributed by atoms with Crippen molar-refractivity contribution in [1.29, 1.82) is 5.26 Å². The number of likely N-dealkylation sites (tertiary alicyclic amines) is 2. The zero-order valence-corrected chi connectivity index (χ0v) is 18.6. The van der Waals surface area contributed by atoms with E-state index in [0.717, 1.165) is 12.5 Å². The van der Waals surface area contributed by atoms with E-state index in [2.05, 4.69) is 0 Å². The Hall–Kier alpha value is -3.29. The van der Waals surface area contributed by atoms with Gasteiger partial charge in [-0.05, 0) is 37.5 Å². The van der Waals surface area contributed by atoms with Gasteiger partial charge in [0, 0.05) is 50.2 Å². The summed E-state index contributed by atoms with van der Waals surface area (Å²) in [7, 11) is 0. The lowest BCUT2D eigenvalue weighted by molar-refractivity contribution is -0.138. The van der Waals surface area contributed by atoms with Gasteiger partial charge in [0.05, 0.1) is 29.7 Å². The van der Waals surface area contributed by atoms with E-state index in [1.165, 1.54) is 17.0 Å². The lowest BCUT2D eigenvalue weighted by Gasteiger charge is -2.42. The number of benzene rings is 1. The van der Waals surface area contributed by atoms with Gasteiger partial charge in [-0.2, -0.15) is 18.4 Å². The monoisotopic (exact) mass is 477 g/mol. The first-order valence-electron chi connectivity index (χ1n) is 11.3. The molecule has 0 bridgehead atoms. The summed E-state index contributed by atoms with van der Waals surface area (Å²) in [5.74, 6) is -1.33. The van der Waals surface area contributed by atoms with E-state index >= 15 is 0 Å². The zero-order valence-electron chi connectivity index (χ0n) is 18.6. The quantitative estimate of drug-likeness (QED) is 0.710. The van der Waals surface area contributed by atoms with Gasteiger partial charge >= 0.3 is 6.18 Å². The van der Waals surface area contributed by atoms with E-state index in [4.69, 9.17) is 11.0 Å². The molecule has 3 saturated heterocycles. The molecule has 8 nitrogen and oxygen atoms in total. The van der Waals surface area contributed by atoms with Gasteiger partial charge in [-0.1, -0.05) is 0 Å². The summed E-state index contributed by atoms with van der Waals surface area (Å²) < 4.78 is 40.1. The number of carbonyl (C=O) groups is 3. The predicted octanol–water partition coefficient (Wildman–Crippen LogP) is 1.73. The van der Waals surface area contributed by atoms with Crippen molar-refractivity contribution in [2.75, 3.05) is 44.2 Å². The van der Waals surface area contributed by atoms with E-state index in [0.29, 0.717) is 51.1 Å². The number of hydrogen-bond donors (Lipinski definition) is 1. The molecule has 1 spiro atoms. The standard InChI is InChI=1S/C23H26F3N5O3/c24-23(25,26)17-10-16(4-3-15(17)11-27)29-8-5-22(6-9-29)14-31(12-18(22)21(28)34)20(33)13-30-7-1-2-19(30)32/h3-4,10,18H,1-2,5-9,12-14H2,(H2,28,34). The summed E-state index contributed by atoms with van der Waals surface area (Å²) in [5.41, 5.74) is 4.09. The Kier molecular flexibility index (Phi) is 6.18. The maximum absolute atomic E-state index is 13.4. The normalized spacial score (nSPS) is 22.4. The fraction of sp³-hybridized carbons (Fsp3) is 0.565. The number of anilines is 1. The summed E-state index contributed by atoms with van der Waals surface area (Å²) in [6.07, 6.45) is -2.52. The number of amides is 3. The number of nitriles is 1. The number of alkyl halides is 3. The second kappa shape index (κ2) is 8.81. The second-order valence-electron chi connectivity index (χ2n) is 9.34. The van der Waals surface area contributed by atoms with Crippen LogP contribution in [0, 0.1) is 22.7 Å². The van der Waals surface area contributed by atoms with E-state index in [9.17, 15) is 27.6 Å². The number of nitrogens with zero attached hydrogens (tertiary/aromatic N) is 4. The van der Waals surface area contributed by atoms with Gasteiger partial charge < -0.3 is 20.4 Å². The zero-order chi connectivity index (χ0) is 24.7. The Labute approximate surface area is 195 Å². The molecule has 11 heteroatoms. The van der Waals surface area contributed by atoms with Crippen molar-refractivity contribution in [3.05, 3.63) is 29.3 Å². The van der Waals surface area contributed by atoms with Crippen molar-refractivity contribution in [3.63, 3.8) is 0 Å². The molecule has 182 valence electrons. The van der Waals surface area contributed by atoms with Crippen molar-refractivity contribution in [1.82, 2.24) is 9.80 Å². The average molecular weight is 477 g/mol. The van der Waals surface area contributed by atoms with E-state index in [-0.39, 0.29) is 24.9 Å². The predicted molar refractivity (Wildman–Crippen MR) is 115 cm³/mol. The van der Waals surface area contributed by atoms with Crippen molar-refractivity contribution in [2.45, 2.75) is 31.9 Å². The molecule has 3 amide bonds. The molecule has 1 aromatic rings. The van der Waals surface area contributed by atoms with Gasteiger partial charge in [0.2, 0.25) is 17.7 Å². The van der Waals surface area contributed by atoms with Crippen LogP contribution >= 0.6 is 0 Å². The highest BCUT2D eigenvalue weighted by Crippen LogP contribution is 2.46. The van der Waals surface area contributed by atoms with E-state index in [1.807, 2.05) is 0 Å². The third-order valence-corrected chi connectivity index (χ3v) is 7.39. The summed E-state index contributed by atoms with van der Waals surface area (Å²) in [4.78, 5) is 41.9. The summed E-state index contributed by atoms with van der Waals surface area (Å²) in [6.45, 7) is 1.82. The van der Waals surface area contributed by atoms with Crippen molar-refractivity contribution < 1.29 is 27.6 Å². The number of primary amides is 1. The number of nitrogens with two attached hydrogens (primary N) is 1. The highest BCUT2D eigenvalue weighted by Gasteiger charge is 2.52. The summed E-state index contributed by atoms with van der Waals surface area (Å²) in [5, 5.41) is 9.02. The molecule has 3 aliphatic rings. The number of hydrogen-bond acceptors (Lipinski definition) is 5. The maximum Gasteiger partial charge on any atom is 0.417 e. The Bertz CT molecular complexity index is 1040. The first kappa shape index (κ1) is 23.9. The molecule has 0 radical (unpaired) electrons. The highest BCUT2D eigenvalue weighted by molar-refractivity contribution is 5.87. The van der Waals surface area contributed by atoms with Crippen molar-refractivity contribution >= 4 is 23.4 Å². The maximum atomic E-state index is 13.4. The molecule has 3 aliphatic heterocycles. The Balaban J connectivity index is 1.47. The third-order valence-electron chi connectivity index (χ3n) is 7.39. The molecule has 4 rings (SSSR count). The molecule has 3 heterocycles. The summed E-state index contributed by atoms with van der Waals surface area (Å²) in [6, 6.07) is 5.23.